The maximum Gasteiger partial charge on any atom is 0.253 e. The molecule has 1 aromatic carbocycles. The van der Waals surface area contributed by atoms with Gasteiger partial charge in [0.05, 0.1) is 7.11 Å². The minimum atomic E-state index is -2.18. The second kappa shape index (κ2) is 5.09. The summed E-state index contributed by atoms with van der Waals surface area (Å²) >= 11 is -2.18. The van der Waals surface area contributed by atoms with E-state index in [1.807, 2.05) is 0 Å². The second-order valence-corrected chi connectivity index (χ2v) is 4.25. The Balaban J connectivity index is 3.22. The molecule has 0 radical (unpaired) electrons. The van der Waals surface area contributed by atoms with Gasteiger partial charge in [-0.3, -0.25) is 4.79 Å². The maximum absolute atomic E-state index is 11.6. The topological polar surface area (TPSA) is 66.8 Å². The highest BCUT2D eigenvalue weighted by atomic mass is 32.2. The Labute approximate surface area is 96.3 Å². The summed E-state index contributed by atoms with van der Waals surface area (Å²) in [7, 11) is 4.63. The third-order valence-corrected chi connectivity index (χ3v) is 2.70. The molecule has 1 unspecified atom stereocenters. The van der Waals surface area contributed by atoms with Crippen LogP contribution >= 0.6 is 0 Å². The Hall–Kier alpha value is -1.40. The molecule has 16 heavy (non-hydrogen) atoms. The zero-order valence-corrected chi connectivity index (χ0v) is 10.1. The van der Waals surface area contributed by atoms with Gasteiger partial charge in [0.15, 0.2) is 11.1 Å². The van der Waals surface area contributed by atoms with E-state index in [-0.39, 0.29) is 16.6 Å². The van der Waals surface area contributed by atoms with Gasteiger partial charge in [0.25, 0.3) is 5.91 Å². The highest BCUT2D eigenvalue weighted by Gasteiger charge is 2.14. The summed E-state index contributed by atoms with van der Waals surface area (Å²) < 4.78 is 25.0. The first-order valence-electron chi connectivity index (χ1n) is 4.48. The number of methoxy groups -OCH3 is 1. The Morgan fingerprint density at radius 3 is 2.50 bits per heavy atom. The Kier molecular flexibility index (Phi) is 4.03. The maximum atomic E-state index is 11.6. The Morgan fingerprint density at radius 1 is 1.44 bits per heavy atom. The second-order valence-electron chi connectivity index (χ2n) is 3.31. The van der Waals surface area contributed by atoms with E-state index >= 15 is 0 Å². The molecular weight excluding hydrogens is 230 g/mol. The number of benzene rings is 1. The lowest BCUT2D eigenvalue weighted by atomic mass is 10.2. The lowest BCUT2D eigenvalue weighted by Crippen LogP contribution is -2.21. The van der Waals surface area contributed by atoms with E-state index in [1.54, 1.807) is 20.2 Å². The lowest BCUT2D eigenvalue weighted by Gasteiger charge is -2.12. The van der Waals surface area contributed by atoms with E-state index in [0.29, 0.717) is 5.56 Å². The first-order chi connectivity index (χ1) is 7.47. The van der Waals surface area contributed by atoms with Gasteiger partial charge in [-0.15, -0.1) is 0 Å². The number of carbonyl (C=O) groups excluding carboxylic acids is 1. The molecular formula is C10H13NO4S. The van der Waals surface area contributed by atoms with Crippen molar-refractivity contribution in [3.05, 3.63) is 23.8 Å². The summed E-state index contributed by atoms with van der Waals surface area (Å²) in [6.45, 7) is 0. The van der Waals surface area contributed by atoms with Gasteiger partial charge in [-0.05, 0) is 18.2 Å². The molecule has 88 valence electrons. The largest absolute Gasteiger partial charge is 0.495 e. The van der Waals surface area contributed by atoms with Crippen molar-refractivity contribution in [3.8, 4) is 5.75 Å². The number of hydrogen-bond acceptors (Lipinski definition) is 3. The quantitative estimate of drug-likeness (QED) is 0.803. The molecule has 0 spiro atoms. The summed E-state index contributed by atoms with van der Waals surface area (Å²) in [4.78, 5) is 13.1. The van der Waals surface area contributed by atoms with Crippen LogP contribution in [0, 0.1) is 0 Å². The van der Waals surface area contributed by atoms with Gasteiger partial charge in [-0.1, -0.05) is 0 Å². The van der Waals surface area contributed by atoms with Crippen molar-refractivity contribution in [1.82, 2.24) is 4.90 Å². The smallest absolute Gasteiger partial charge is 0.253 e. The molecule has 0 bridgehead atoms. The molecule has 1 atom stereocenters. The van der Waals surface area contributed by atoms with Gasteiger partial charge >= 0.3 is 0 Å². The third-order valence-electron chi connectivity index (χ3n) is 2.00. The van der Waals surface area contributed by atoms with Crippen LogP contribution in [0.1, 0.15) is 10.4 Å². The van der Waals surface area contributed by atoms with E-state index in [4.69, 9.17) is 9.29 Å². The molecule has 5 nitrogen and oxygen atoms in total. The van der Waals surface area contributed by atoms with Crippen LogP contribution in [0.15, 0.2) is 23.1 Å². The summed E-state index contributed by atoms with van der Waals surface area (Å²) in [6.07, 6.45) is 0. The number of nitrogens with zero attached hydrogens (tertiary/aromatic N) is 1. The molecule has 0 aliphatic heterocycles. The van der Waals surface area contributed by atoms with E-state index in [2.05, 4.69) is 0 Å². The van der Waals surface area contributed by atoms with Crippen molar-refractivity contribution in [2.45, 2.75) is 4.90 Å². The van der Waals surface area contributed by atoms with Crippen molar-refractivity contribution in [2.24, 2.45) is 0 Å². The normalized spacial score (nSPS) is 12.0. The van der Waals surface area contributed by atoms with Crippen molar-refractivity contribution in [3.63, 3.8) is 0 Å². The van der Waals surface area contributed by atoms with Crippen LogP contribution in [0.2, 0.25) is 0 Å². The van der Waals surface area contributed by atoms with Crippen LogP contribution < -0.4 is 4.74 Å². The van der Waals surface area contributed by atoms with Crippen molar-refractivity contribution in [2.75, 3.05) is 21.2 Å². The van der Waals surface area contributed by atoms with Crippen LogP contribution in [-0.2, 0) is 11.1 Å². The first-order valence-corrected chi connectivity index (χ1v) is 5.58. The van der Waals surface area contributed by atoms with Crippen molar-refractivity contribution in [1.29, 1.82) is 0 Å². The number of ether oxygens (including phenoxy) is 1. The summed E-state index contributed by atoms with van der Waals surface area (Å²) in [6, 6.07) is 4.41. The lowest BCUT2D eigenvalue weighted by molar-refractivity contribution is 0.0827. The molecule has 0 aromatic heterocycles. The molecule has 1 rings (SSSR count). The summed E-state index contributed by atoms with van der Waals surface area (Å²) in [5.74, 6) is 0.0606. The van der Waals surface area contributed by atoms with Crippen LogP contribution in [0.25, 0.3) is 0 Å². The van der Waals surface area contributed by atoms with Gasteiger partial charge in [0, 0.05) is 19.7 Å². The average molecular weight is 243 g/mol. The fourth-order valence-electron chi connectivity index (χ4n) is 1.20. The molecule has 0 aliphatic rings. The summed E-state index contributed by atoms with van der Waals surface area (Å²) in [5, 5.41) is 0. The van der Waals surface area contributed by atoms with Gasteiger partial charge in [-0.2, -0.15) is 0 Å². The minimum Gasteiger partial charge on any atom is -0.495 e. The van der Waals surface area contributed by atoms with Gasteiger partial charge in [0.1, 0.15) is 10.6 Å². The molecule has 1 N–H and O–H groups in total. The fourth-order valence-corrected chi connectivity index (χ4v) is 1.76. The molecule has 0 heterocycles. The van der Waals surface area contributed by atoms with Crippen molar-refractivity contribution < 1.29 is 18.3 Å². The Morgan fingerprint density at radius 2 is 2.06 bits per heavy atom. The van der Waals surface area contributed by atoms with E-state index in [0.717, 1.165) is 0 Å². The van der Waals surface area contributed by atoms with Crippen LogP contribution in [0.5, 0.6) is 5.75 Å². The molecule has 0 saturated carbocycles. The molecule has 1 aromatic rings. The highest BCUT2D eigenvalue weighted by Crippen LogP contribution is 2.23. The van der Waals surface area contributed by atoms with Crippen LogP contribution in [-0.4, -0.2) is 40.8 Å². The third kappa shape index (κ3) is 2.59. The van der Waals surface area contributed by atoms with Gasteiger partial charge in [-0.25, -0.2) is 4.21 Å². The zero-order chi connectivity index (χ0) is 12.3. The number of rotatable bonds is 3. The minimum absolute atomic E-state index is 0.0928. The average Bonchev–Trinajstić information content (AvgIpc) is 2.26. The van der Waals surface area contributed by atoms with E-state index in [1.165, 1.54) is 24.1 Å². The summed E-state index contributed by atoms with van der Waals surface area (Å²) in [5.41, 5.74) is 0.350. The molecule has 0 fully saturated rings. The monoisotopic (exact) mass is 243 g/mol. The van der Waals surface area contributed by atoms with Gasteiger partial charge < -0.3 is 14.2 Å². The fraction of sp³-hybridized carbons (Fsp3) is 0.300. The molecule has 0 saturated heterocycles. The predicted molar refractivity (Wildman–Crippen MR) is 60.0 cm³/mol. The van der Waals surface area contributed by atoms with Gasteiger partial charge in [0.2, 0.25) is 0 Å². The van der Waals surface area contributed by atoms with Crippen molar-refractivity contribution >= 4 is 17.0 Å². The first kappa shape index (κ1) is 12.7. The number of hydrogen-bond donors (Lipinski definition) is 1. The number of amides is 1. The van der Waals surface area contributed by atoms with Crippen LogP contribution in [0.4, 0.5) is 0 Å². The Bertz CT molecular complexity index is 431. The standard InChI is InChI=1S/C10H13NO4S/c1-11(2)10(12)7-4-5-8(15-3)9(6-7)16(13)14/h4-6H,1-3H3,(H,13,14). The van der Waals surface area contributed by atoms with E-state index in [9.17, 15) is 9.00 Å². The number of carbonyl (C=O) groups is 1. The SMILES string of the molecule is COc1ccc(C(=O)N(C)C)cc1S(=O)O. The zero-order valence-electron chi connectivity index (χ0n) is 9.26. The molecule has 6 heteroatoms. The van der Waals surface area contributed by atoms with E-state index < -0.39 is 11.1 Å². The predicted octanol–water partition coefficient (Wildman–Crippen LogP) is 0.978. The van der Waals surface area contributed by atoms with Crippen LogP contribution in [0.3, 0.4) is 0 Å². The highest BCUT2D eigenvalue weighted by molar-refractivity contribution is 7.79. The molecule has 1 amide bonds. The molecule has 0 aliphatic carbocycles.